The van der Waals surface area contributed by atoms with Crippen LogP contribution < -0.4 is 0 Å². The van der Waals surface area contributed by atoms with Crippen LogP contribution in [0.3, 0.4) is 0 Å². The second kappa shape index (κ2) is 5.86. The SMILES string of the molecule is C1=Cc2cc3ccc(cc4nc(cc5ccc(cc1n2)[nH]5)C=C4)[nH]3.[Ne]. The van der Waals surface area contributed by atoms with E-state index >= 15 is 0 Å². The quantitative estimate of drug-likeness (QED) is 0.434. The van der Waals surface area contributed by atoms with Crippen molar-refractivity contribution in [2.75, 3.05) is 0 Å². The number of rotatable bonds is 0. The van der Waals surface area contributed by atoms with Crippen LogP contribution in [-0.4, -0.2) is 19.9 Å². The minimum Gasteiger partial charge on any atom is -0.355 e. The van der Waals surface area contributed by atoms with Crippen LogP contribution in [0.25, 0.3) is 46.4 Å². The molecule has 0 saturated heterocycles. The monoisotopic (exact) mass is 330 g/mol. The van der Waals surface area contributed by atoms with Crippen molar-refractivity contribution in [2.45, 2.75) is 0 Å². The molecular formula is C20H14N4Ne. The van der Waals surface area contributed by atoms with Gasteiger partial charge in [-0.2, -0.15) is 0 Å². The van der Waals surface area contributed by atoms with E-state index in [9.17, 15) is 0 Å². The summed E-state index contributed by atoms with van der Waals surface area (Å²) in [5, 5.41) is 0. The third kappa shape index (κ3) is 2.99. The van der Waals surface area contributed by atoms with Gasteiger partial charge in [0, 0.05) is 28.2 Å². The van der Waals surface area contributed by atoms with E-state index in [-0.39, 0.29) is 6.15 Å². The van der Waals surface area contributed by atoms with Crippen molar-refractivity contribution < 1.29 is 6.15 Å². The molecule has 4 nitrogen and oxygen atoms in total. The van der Waals surface area contributed by atoms with Gasteiger partial charge in [-0.05, 0) is 72.8 Å². The summed E-state index contributed by atoms with van der Waals surface area (Å²) >= 11 is 0. The predicted octanol–water partition coefficient (Wildman–Crippen LogP) is 4.66. The third-order valence-corrected chi connectivity index (χ3v) is 4.04. The molecule has 0 saturated carbocycles. The predicted molar refractivity (Wildman–Crippen MR) is 98.9 cm³/mol. The molecule has 0 spiro atoms. The number of nitrogens with one attached hydrogen (secondary N) is 2. The summed E-state index contributed by atoms with van der Waals surface area (Å²) in [6.45, 7) is 0. The summed E-state index contributed by atoms with van der Waals surface area (Å²) in [5.41, 5.74) is 7.86. The molecule has 25 heavy (non-hydrogen) atoms. The molecule has 2 aliphatic rings. The van der Waals surface area contributed by atoms with E-state index in [4.69, 9.17) is 0 Å². The molecule has 122 valence electrons. The van der Waals surface area contributed by atoms with Crippen LogP contribution in [0.5, 0.6) is 0 Å². The molecule has 0 radical (unpaired) electrons. The minimum atomic E-state index is 0. The van der Waals surface area contributed by atoms with Crippen molar-refractivity contribution in [1.29, 1.82) is 0 Å². The Balaban J connectivity index is 0.00000157. The van der Waals surface area contributed by atoms with Gasteiger partial charge in [0.1, 0.15) is 0 Å². The van der Waals surface area contributed by atoms with Gasteiger partial charge in [0.15, 0.2) is 0 Å². The Labute approximate surface area is 144 Å². The summed E-state index contributed by atoms with van der Waals surface area (Å²) in [4.78, 5) is 16.0. The van der Waals surface area contributed by atoms with Crippen LogP contribution in [0.1, 0.15) is 22.8 Å². The molecular weight excluding hydrogens is 316 g/mol. The van der Waals surface area contributed by atoms with Crippen LogP contribution >= 0.6 is 0 Å². The molecule has 2 aliphatic heterocycles. The van der Waals surface area contributed by atoms with Gasteiger partial charge < -0.3 is 9.97 Å². The van der Waals surface area contributed by atoms with Crippen LogP contribution in [0.15, 0.2) is 48.5 Å². The van der Waals surface area contributed by atoms with Crippen LogP contribution in [0.2, 0.25) is 0 Å². The maximum absolute atomic E-state index is 4.63. The van der Waals surface area contributed by atoms with Gasteiger partial charge in [-0.15, -0.1) is 0 Å². The molecule has 8 bridgehead atoms. The van der Waals surface area contributed by atoms with Crippen molar-refractivity contribution in [3.8, 4) is 0 Å². The van der Waals surface area contributed by atoms with E-state index in [0.717, 1.165) is 44.8 Å². The average molecular weight is 331 g/mol. The van der Waals surface area contributed by atoms with E-state index in [1.807, 2.05) is 48.6 Å². The number of hydrogen-bond acceptors (Lipinski definition) is 2. The molecule has 0 fully saturated rings. The molecule has 0 aliphatic carbocycles. The largest absolute Gasteiger partial charge is 0.355 e. The zero-order valence-corrected chi connectivity index (χ0v) is 13.2. The summed E-state index contributed by atoms with van der Waals surface area (Å²) in [6, 6.07) is 16.4. The van der Waals surface area contributed by atoms with Crippen LogP contribution in [0.4, 0.5) is 0 Å². The summed E-state index contributed by atoms with van der Waals surface area (Å²) in [5.74, 6) is 0. The minimum absolute atomic E-state index is 0. The number of fused-ring (bicyclic) bond motifs is 8. The topological polar surface area (TPSA) is 57.4 Å². The van der Waals surface area contributed by atoms with E-state index in [1.54, 1.807) is 0 Å². The van der Waals surface area contributed by atoms with Crippen LogP contribution in [0, 0.1) is 6.15 Å². The van der Waals surface area contributed by atoms with Crippen molar-refractivity contribution in [1.82, 2.24) is 19.9 Å². The molecule has 0 aromatic carbocycles. The van der Waals surface area contributed by atoms with Crippen molar-refractivity contribution in [3.05, 3.63) is 71.3 Å². The van der Waals surface area contributed by atoms with Gasteiger partial charge in [-0.1, -0.05) is 0 Å². The zero-order valence-electron chi connectivity index (χ0n) is 13.2. The molecule has 2 N–H and O–H groups in total. The Morgan fingerprint density at radius 2 is 0.760 bits per heavy atom. The molecule has 0 amide bonds. The number of aromatic nitrogens is 4. The fourth-order valence-corrected chi connectivity index (χ4v) is 2.94. The molecule has 3 aromatic heterocycles. The first-order valence-corrected chi connectivity index (χ1v) is 7.85. The van der Waals surface area contributed by atoms with E-state index < -0.39 is 0 Å². The van der Waals surface area contributed by atoms with Crippen LogP contribution in [-0.2, 0) is 0 Å². The van der Waals surface area contributed by atoms with E-state index in [1.165, 1.54) is 0 Å². The Bertz CT molecular complexity index is 990. The smallest absolute Gasteiger partial charge is 0.0658 e. The Morgan fingerprint density at radius 1 is 0.480 bits per heavy atom. The summed E-state index contributed by atoms with van der Waals surface area (Å²) < 4.78 is 0. The molecule has 0 atom stereocenters. The van der Waals surface area contributed by atoms with Crippen molar-refractivity contribution in [3.63, 3.8) is 0 Å². The van der Waals surface area contributed by atoms with Gasteiger partial charge in [0.2, 0.25) is 0 Å². The van der Waals surface area contributed by atoms with Gasteiger partial charge in [-0.25, -0.2) is 9.97 Å². The van der Waals surface area contributed by atoms with E-state index in [2.05, 4.69) is 44.2 Å². The first kappa shape index (κ1) is 15.1. The molecule has 5 heterocycles. The molecule has 5 heteroatoms. The first-order valence-electron chi connectivity index (χ1n) is 7.85. The second-order valence-corrected chi connectivity index (χ2v) is 5.91. The van der Waals surface area contributed by atoms with Gasteiger partial charge >= 0.3 is 0 Å². The van der Waals surface area contributed by atoms with Crippen molar-refractivity contribution >= 4 is 46.4 Å². The Kier molecular flexibility index (Phi) is 3.53. The number of H-pyrrole nitrogens is 2. The summed E-state index contributed by atoms with van der Waals surface area (Å²) in [7, 11) is 0. The van der Waals surface area contributed by atoms with E-state index in [0.29, 0.717) is 0 Å². The zero-order chi connectivity index (χ0) is 15.9. The standard InChI is InChI=1S/C20H14N4.Ne/c1-2-14-10-16-5-6-18(23-16)12-20-8-7-19(24-20)11-17-4-3-15(22-17)9-13(1)21-14;/h1-12,21,24H;. The average Bonchev–Trinajstić information content (AvgIpc) is 3.32. The number of nitrogens with zero attached hydrogens (tertiary/aromatic N) is 2. The second-order valence-electron chi connectivity index (χ2n) is 5.91. The third-order valence-electron chi connectivity index (χ3n) is 4.04. The maximum atomic E-state index is 4.63. The molecule has 3 aromatic rings. The Morgan fingerprint density at radius 3 is 1.04 bits per heavy atom. The van der Waals surface area contributed by atoms with Gasteiger partial charge in [0.05, 0.1) is 22.8 Å². The normalized spacial score (nSPS) is 12.2. The van der Waals surface area contributed by atoms with Gasteiger partial charge in [0.25, 0.3) is 0 Å². The van der Waals surface area contributed by atoms with Gasteiger partial charge in [-0.3, -0.25) is 0 Å². The number of hydrogen-bond donors (Lipinski definition) is 2. The number of aromatic amines is 2. The fourth-order valence-electron chi connectivity index (χ4n) is 2.94. The fraction of sp³-hybridized carbons (Fsp3) is 0. The molecule has 5 rings (SSSR count). The summed E-state index contributed by atoms with van der Waals surface area (Å²) in [6.07, 6.45) is 8.09. The Hall–Kier alpha value is -3.49. The molecule has 0 unspecified atom stereocenters. The first-order chi connectivity index (χ1) is 11.8. The maximum Gasteiger partial charge on any atom is 0.0658 e. The van der Waals surface area contributed by atoms with Crippen molar-refractivity contribution in [2.24, 2.45) is 0 Å².